The van der Waals surface area contributed by atoms with Gasteiger partial charge in [-0.1, -0.05) is 30.3 Å². The van der Waals surface area contributed by atoms with E-state index in [1.54, 1.807) is 0 Å². The molecule has 2 aromatic carbocycles. The SMILES string of the molecule is CCN(Cc1ccccc1)c1ccc(C(=O)NC(C)(C)CN)cc1.Cl. The number of carbonyl (C=O) groups excluding carboxylic acids is 1. The van der Waals surface area contributed by atoms with Crippen molar-refractivity contribution in [1.29, 1.82) is 0 Å². The van der Waals surface area contributed by atoms with Crippen molar-refractivity contribution in [3.63, 3.8) is 0 Å². The summed E-state index contributed by atoms with van der Waals surface area (Å²) in [7, 11) is 0. The molecule has 3 N–H and O–H groups in total. The molecule has 0 aliphatic carbocycles. The lowest BCUT2D eigenvalue weighted by Gasteiger charge is -2.25. The van der Waals surface area contributed by atoms with Crippen LogP contribution >= 0.6 is 12.4 Å². The molecular weight excluding hydrogens is 334 g/mol. The highest BCUT2D eigenvalue weighted by Crippen LogP contribution is 2.18. The van der Waals surface area contributed by atoms with E-state index in [0.29, 0.717) is 12.1 Å². The quantitative estimate of drug-likeness (QED) is 0.792. The van der Waals surface area contributed by atoms with Crippen LogP contribution in [0.3, 0.4) is 0 Å². The first kappa shape index (κ1) is 21.0. The largest absolute Gasteiger partial charge is 0.367 e. The summed E-state index contributed by atoms with van der Waals surface area (Å²) in [5.41, 5.74) is 8.29. The van der Waals surface area contributed by atoms with Crippen molar-refractivity contribution in [3.05, 3.63) is 65.7 Å². The molecule has 0 saturated heterocycles. The van der Waals surface area contributed by atoms with Crippen LogP contribution in [0.2, 0.25) is 0 Å². The van der Waals surface area contributed by atoms with Crippen LogP contribution in [0.15, 0.2) is 54.6 Å². The fourth-order valence-corrected chi connectivity index (χ4v) is 2.44. The van der Waals surface area contributed by atoms with E-state index in [0.717, 1.165) is 18.8 Å². The highest BCUT2D eigenvalue weighted by Gasteiger charge is 2.19. The summed E-state index contributed by atoms with van der Waals surface area (Å²) in [6, 6.07) is 18.1. The molecule has 136 valence electrons. The van der Waals surface area contributed by atoms with Crippen molar-refractivity contribution in [2.75, 3.05) is 18.0 Å². The van der Waals surface area contributed by atoms with Gasteiger partial charge < -0.3 is 16.0 Å². The Morgan fingerprint density at radius 1 is 1.08 bits per heavy atom. The molecule has 0 fully saturated rings. The zero-order chi connectivity index (χ0) is 17.6. The van der Waals surface area contributed by atoms with Crippen LogP contribution in [0, 0.1) is 0 Å². The van der Waals surface area contributed by atoms with Gasteiger partial charge in [0.1, 0.15) is 0 Å². The Hall–Kier alpha value is -2.04. The first-order valence-electron chi connectivity index (χ1n) is 8.36. The number of carbonyl (C=O) groups is 1. The van der Waals surface area contributed by atoms with Crippen LogP contribution in [0.4, 0.5) is 5.69 Å². The molecule has 0 unspecified atom stereocenters. The normalized spacial score (nSPS) is 10.7. The zero-order valence-electron chi connectivity index (χ0n) is 15.2. The maximum absolute atomic E-state index is 12.3. The number of nitrogens with zero attached hydrogens (tertiary/aromatic N) is 1. The number of hydrogen-bond acceptors (Lipinski definition) is 3. The maximum atomic E-state index is 12.3. The Morgan fingerprint density at radius 2 is 1.68 bits per heavy atom. The first-order valence-corrected chi connectivity index (χ1v) is 8.36. The lowest BCUT2D eigenvalue weighted by Crippen LogP contribution is -2.48. The van der Waals surface area contributed by atoms with Crippen molar-refractivity contribution in [1.82, 2.24) is 5.32 Å². The van der Waals surface area contributed by atoms with E-state index in [-0.39, 0.29) is 18.3 Å². The summed E-state index contributed by atoms with van der Waals surface area (Å²) in [6.45, 7) is 8.12. The monoisotopic (exact) mass is 361 g/mol. The molecule has 4 nitrogen and oxygen atoms in total. The smallest absolute Gasteiger partial charge is 0.251 e. The van der Waals surface area contributed by atoms with Gasteiger partial charge >= 0.3 is 0 Å². The minimum absolute atomic E-state index is 0. The number of nitrogens with one attached hydrogen (secondary N) is 1. The van der Waals surface area contributed by atoms with Gasteiger partial charge in [-0.05, 0) is 50.6 Å². The van der Waals surface area contributed by atoms with Gasteiger partial charge in [-0.2, -0.15) is 0 Å². The van der Waals surface area contributed by atoms with Crippen molar-refractivity contribution in [3.8, 4) is 0 Å². The number of hydrogen-bond donors (Lipinski definition) is 2. The molecule has 0 saturated carbocycles. The number of nitrogens with two attached hydrogens (primary N) is 1. The predicted octanol–water partition coefficient (Wildman–Crippen LogP) is 3.60. The molecular formula is C20H28ClN3O. The lowest BCUT2D eigenvalue weighted by molar-refractivity contribution is 0.0915. The molecule has 2 rings (SSSR count). The number of anilines is 1. The molecule has 0 aliphatic rings. The van der Waals surface area contributed by atoms with Gasteiger partial charge in [0.2, 0.25) is 0 Å². The Kier molecular flexibility index (Phi) is 7.94. The average Bonchev–Trinajstić information content (AvgIpc) is 2.60. The summed E-state index contributed by atoms with van der Waals surface area (Å²) in [6.07, 6.45) is 0. The van der Waals surface area contributed by atoms with Gasteiger partial charge in [-0.3, -0.25) is 4.79 Å². The number of benzene rings is 2. The van der Waals surface area contributed by atoms with Gasteiger partial charge in [0.25, 0.3) is 5.91 Å². The summed E-state index contributed by atoms with van der Waals surface area (Å²) in [5.74, 6) is -0.0943. The number of halogens is 1. The Bertz CT molecular complexity index is 656. The fraction of sp³-hybridized carbons (Fsp3) is 0.350. The minimum atomic E-state index is -0.404. The third-order valence-electron chi connectivity index (χ3n) is 4.05. The van der Waals surface area contributed by atoms with E-state index in [1.807, 2.05) is 44.2 Å². The third-order valence-corrected chi connectivity index (χ3v) is 4.05. The number of rotatable bonds is 7. The predicted molar refractivity (Wildman–Crippen MR) is 107 cm³/mol. The van der Waals surface area contributed by atoms with Crippen molar-refractivity contribution >= 4 is 24.0 Å². The second-order valence-electron chi connectivity index (χ2n) is 6.59. The van der Waals surface area contributed by atoms with Crippen LogP contribution in [-0.2, 0) is 6.54 Å². The molecule has 2 aromatic rings. The van der Waals surface area contributed by atoms with Gasteiger partial charge in [-0.25, -0.2) is 0 Å². The standard InChI is InChI=1S/C20H27N3O.ClH/c1-4-23(14-16-8-6-5-7-9-16)18-12-10-17(11-13-18)19(24)22-20(2,3)15-21;/h5-13H,4,14-15,21H2,1-3H3,(H,22,24);1H. The van der Waals surface area contributed by atoms with Crippen molar-refractivity contribution in [2.24, 2.45) is 5.73 Å². The molecule has 1 amide bonds. The Labute approximate surface area is 156 Å². The second-order valence-corrected chi connectivity index (χ2v) is 6.59. The zero-order valence-corrected chi connectivity index (χ0v) is 16.0. The molecule has 0 aliphatic heterocycles. The summed E-state index contributed by atoms with van der Waals surface area (Å²) in [5, 5.41) is 2.95. The highest BCUT2D eigenvalue weighted by atomic mass is 35.5. The molecule has 0 spiro atoms. The molecule has 0 radical (unpaired) electrons. The lowest BCUT2D eigenvalue weighted by atomic mass is 10.0. The highest BCUT2D eigenvalue weighted by molar-refractivity contribution is 5.95. The number of amides is 1. The van der Waals surface area contributed by atoms with E-state index in [1.165, 1.54) is 5.56 Å². The van der Waals surface area contributed by atoms with Crippen LogP contribution < -0.4 is 16.0 Å². The van der Waals surface area contributed by atoms with E-state index in [4.69, 9.17) is 5.73 Å². The summed E-state index contributed by atoms with van der Waals surface area (Å²) < 4.78 is 0. The fourth-order valence-electron chi connectivity index (χ4n) is 2.44. The second kappa shape index (κ2) is 9.44. The topological polar surface area (TPSA) is 58.4 Å². The summed E-state index contributed by atoms with van der Waals surface area (Å²) >= 11 is 0. The van der Waals surface area contributed by atoms with Crippen LogP contribution in [0.1, 0.15) is 36.7 Å². The van der Waals surface area contributed by atoms with Crippen LogP contribution in [0.25, 0.3) is 0 Å². The van der Waals surface area contributed by atoms with E-state index >= 15 is 0 Å². The third kappa shape index (κ3) is 6.07. The molecule has 25 heavy (non-hydrogen) atoms. The average molecular weight is 362 g/mol. The van der Waals surface area contributed by atoms with Gasteiger partial charge in [-0.15, -0.1) is 12.4 Å². The molecule has 5 heteroatoms. The van der Waals surface area contributed by atoms with Crippen molar-refractivity contribution in [2.45, 2.75) is 32.9 Å². The first-order chi connectivity index (χ1) is 11.4. The van der Waals surface area contributed by atoms with Crippen molar-refractivity contribution < 1.29 is 4.79 Å². The Morgan fingerprint density at radius 3 is 2.20 bits per heavy atom. The van der Waals surface area contributed by atoms with Gasteiger partial charge in [0.05, 0.1) is 0 Å². The van der Waals surface area contributed by atoms with Crippen LogP contribution in [-0.4, -0.2) is 24.5 Å². The molecule has 0 atom stereocenters. The molecule has 0 bridgehead atoms. The summed E-state index contributed by atoms with van der Waals surface area (Å²) in [4.78, 5) is 14.6. The Balaban J connectivity index is 0.00000312. The van der Waals surface area contributed by atoms with Crippen LogP contribution in [0.5, 0.6) is 0 Å². The molecule has 0 heterocycles. The van der Waals surface area contributed by atoms with Gasteiger partial charge in [0, 0.05) is 36.4 Å². The van der Waals surface area contributed by atoms with E-state index in [2.05, 4.69) is 41.4 Å². The van der Waals surface area contributed by atoms with E-state index in [9.17, 15) is 4.79 Å². The maximum Gasteiger partial charge on any atom is 0.251 e. The minimum Gasteiger partial charge on any atom is -0.367 e. The van der Waals surface area contributed by atoms with Gasteiger partial charge in [0.15, 0.2) is 0 Å². The molecule has 0 aromatic heterocycles. The van der Waals surface area contributed by atoms with E-state index < -0.39 is 5.54 Å².